The van der Waals surface area contributed by atoms with Crippen LogP contribution in [-0.4, -0.2) is 23.3 Å². The molecule has 0 aromatic heterocycles. The van der Waals surface area contributed by atoms with E-state index in [1.54, 1.807) is 31.2 Å². The van der Waals surface area contributed by atoms with Gasteiger partial charge in [-0.3, -0.25) is 9.59 Å². The van der Waals surface area contributed by atoms with Crippen LogP contribution in [0.15, 0.2) is 48.5 Å². The Kier molecular flexibility index (Phi) is 6.49. The second-order valence-corrected chi connectivity index (χ2v) is 6.41. The van der Waals surface area contributed by atoms with E-state index in [9.17, 15) is 22.8 Å². The van der Waals surface area contributed by atoms with Gasteiger partial charge in [-0.15, -0.1) is 0 Å². The number of alkyl halides is 3. The van der Waals surface area contributed by atoms with Crippen LogP contribution in [0.3, 0.4) is 0 Å². The van der Waals surface area contributed by atoms with Gasteiger partial charge in [0.05, 0.1) is 17.3 Å². The van der Waals surface area contributed by atoms with E-state index in [0.29, 0.717) is 0 Å². The number of halogens is 4. The van der Waals surface area contributed by atoms with Crippen molar-refractivity contribution in [3.8, 4) is 0 Å². The highest BCUT2D eigenvalue weighted by Crippen LogP contribution is 2.36. The van der Waals surface area contributed by atoms with Crippen LogP contribution in [-0.2, 0) is 15.8 Å². The molecule has 0 spiro atoms. The molecule has 0 aliphatic carbocycles. The minimum absolute atomic E-state index is 0.0941. The first-order valence-electron chi connectivity index (χ1n) is 8.08. The molecule has 4 nitrogen and oxygen atoms in total. The van der Waals surface area contributed by atoms with Crippen molar-refractivity contribution in [1.29, 1.82) is 0 Å². The molecule has 0 saturated carbocycles. The normalized spacial score (nSPS) is 12.4. The molecule has 0 aliphatic heterocycles. The Balaban J connectivity index is 2.19. The number of anilines is 1. The summed E-state index contributed by atoms with van der Waals surface area (Å²) in [7, 11) is 0. The molecule has 1 N–H and O–H groups in total. The van der Waals surface area contributed by atoms with Gasteiger partial charge in [0, 0.05) is 11.9 Å². The Hall–Kier alpha value is -2.54. The van der Waals surface area contributed by atoms with E-state index in [4.69, 9.17) is 11.6 Å². The van der Waals surface area contributed by atoms with Crippen LogP contribution >= 0.6 is 11.6 Å². The van der Waals surface area contributed by atoms with Crippen LogP contribution < -0.4 is 5.32 Å². The molecule has 2 amide bonds. The predicted molar refractivity (Wildman–Crippen MR) is 97.3 cm³/mol. The van der Waals surface area contributed by atoms with Crippen LogP contribution in [0.5, 0.6) is 0 Å². The summed E-state index contributed by atoms with van der Waals surface area (Å²) in [4.78, 5) is 25.6. The number of nitrogens with one attached hydrogen (secondary N) is 1. The van der Waals surface area contributed by atoms with Gasteiger partial charge < -0.3 is 10.2 Å². The lowest BCUT2D eigenvalue weighted by molar-refractivity contribution is -0.137. The highest BCUT2D eigenvalue weighted by molar-refractivity contribution is 6.30. The second kappa shape index (κ2) is 8.43. The number of amides is 2. The van der Waals surface area contributed by atoms with Gasteiger partial charge in [-0.25, -0.2) is 0 Å². The molecule has 0 heterocycles. The maximum absolute atomic E-state index is 13.1. The highest BCUT2D eigenvalue weighted by Gasteiger charge is 2.34. The Morgan fingerprint density at radius 2 is 1.78 bits per heavy atom. The van der Waals surface area contributed by atoms with Gasteiger partial charge in [-0.2, -0.15) is 13.2 Å². The van der Waals surface area contributed by atoms with Crippen molar-refractivity contribution in [3.63, 3.8) is 0 Å². The Morgan fingerprint density at radius 3 is 2.33 bits per heavy atom. The molecule has 0 fully saturated rings. The third-order valence-corrected chi connectivity index (χ3v) is 4.26. The molecule has 1 unspecified atom stereocenters. The van der Waals surface area contributed by atoms with E-state index in [2.05, 4.69) is 5.32 Å². The van der Waals surface area contributed by atoms with Crippen LogP contribution in [0, 0.1) is 0 Å². The zero-order chi connectivity index (χ0) is 20.2. The van der Waals surface area contributed by atoms with Crippen molar-refractivity contribution in [1.82, 2.24) is 4.90 Å². The summed E-state index contributed by atoms with van der Waals surface area (Å²) in [5, 5.41) is 2.13. The topological polar surface area (TPSA) is 49.4 Å². The molecule has 0 bridgehead atoms. The van der Waals surface area contributed by atoms with E-state index >= 15 is 0 Å². The smallest absolute Gasteiger partial charge is 0.327 e. The van der Waals surface area contributed by atoms with Crippen LogP contribution in [0.25, 0.3) is 0 Å². The lowest BCUT2D eigenvalue weighted by atomic mass is 10.1. The first-order valence-corrected chi connectivity index (χ1v) is 8.46. The summed E-state index contributed by atoms with van der Waals surface area (Å²) in [6, 6.07) is 11.7. The Bertz CT molecular complexity index is 825. The van der Waals surface area contributed by atoms with Crippen LogP contribution in [0.1, 0.15) is 31.0 Å². The molecule has 2 aromatic carbocycles. The molecule has 2 aromatic rings. The van der Waals surface area contributed by atoms with Crippen molar-refractivity contribution >= 4 is 29.1 Å². The minimum atomic E-state index is -4.68. The Morgan fingerprint density at radius 1 is 1.15 bits per heavy atom. The standard InChI is InChI=1S/C19H18ClF3N2O2/c1-12(14-6-4-3-5-7-14)25(13(2)26)11-18(27)24-17-9-8-15(20)10-16(17)19(21,22)23/h3-10,12H,11H2,1-2H3,(H,24,27). The SMILES string of the molecule is CC(=O)N(CC(=O)Nc1ccc(Cl)cc1C(F)(F)F)C(C)c1ccccc1. The van der Waals surface area contributed by atoms with E-state index in [-0.39, 0.29) is 17.5 Å². The van der Waals surface area contributed by atoms with Gasteiger partial charge in [-0.1, -0.05) is 41.9 Å². The predicted octanol–water partition coefficient (Wildman–Crippen LogP) is 4.91. The number of rotatable bonds is 5. The van der Waals surface area contributed by atoms with Gasteiger partial charge in [0.1, 0.15) is 6.54 Å². The fourth-order valence-corrected chi connectivity index (χ4v) is 2.81. The third-order valence-electron chi connectivity index (χ3n) is 4.03. The molecule has 1 atom stereocenters. The summed E-state index contributed by atoms with van der Waals surface area (Å²) in [6.07, 6.45) is -4.68. The number of benzene rings is 2. The summed E-state index contributed by atoms with van der Waals surface area (Å²) >= 11 is 5.63. The molecule has 27 heavy (non-hydrogen) atoms. The minimum Gasteiger partial charge on any atom is -0.327 e. The fourth-order valence-electron chi connectivity index (χ4n) is 2.64. The summed E-state index contributed by atoms with van der Waals surface area (Å²) in [5.74, 6) is -1.10. The lowest BCUT2D eigenvalue weighted by Gasteiger charge is -2.28. The van der Waals surface area contributed by atoms with Crippen molar-refractivity contribution in [3.05, 3.63) is 64.7 Å². The van der Waals surface area contributed by atoms with Crippen molar-refractivity contribution in [2.24, 2.45) is 0 Å². The number of hydrogen-bond donors (Lipinski definition) is 1. The largest absolute Gasteiger partial charge is 0.418 e. The highest BCUT2D eigenvalue weighted by atomic mass is 35.5. The molecular weight excluding hydrogens is 381 g/mol. The zero-order valence-electron chi connectivity index (χ0n) is 14.7. The van der Waals surface area contributed by atoms with E-state index < -0.39 is 29.4 Å². The molecule has 144 valence electrons. The maximum atomic E-state index is 13.1. The van der Waals surface area contributed by atoms with Crippen molar-refractivity contribution < 1.29 is 22.8 Å². The van der Waals surface area contributed by atoms with Crippen LogP contribution in [0.4, 0.5) is 18.9 Å². The molecule has 2 rings (SSSR count). The number of hydrogen-bond acceptors (Lipinski definition) is 2. The van der Waals surface area contributed by atoms with Gasteiger partial charge in [0.15, 0.2) is 0 Å². The molecule has 8 heteroatoms. The fraction of sp³-hybridized carbons (Fsp3) is 0.263. The first kappa shape index (κ1) is 20.8. The average molecular weight is 399 g/mol. The first-order chi connectivity index (χ1) is 12.6. The summed E-state index contributed by atoms with van der Waals surface area (Å²) in [6.45, 7) is 2.66. The van der Waals surface area contributed by atoms with E-state index in [1.807, 2.05) is 6.07 Å². The number of nitrogens with zero attached hydrogens (tertiary/aromatic N) is 1. The van der Waals surface area contributed by atoms with Crippen LogP contribution in [0.2, 0.25) is 5.02 Å². The molecular formula is C19H18ClF3N2O2. The van der Waals surface area contributed by atoms with Gasteiger partial charge in [0.25, 0.3) is 0 Å². The summed E-state index contributed by atoms with van der Waals surface area (Å²) < 4.78 is 39.4. The second-order valence-electron chi connectivity index (χ2n) is 5.97. The Labute approximate surface area is 159 Å². The maximum Gasteiger partial charge on any atom is 0.418 e. The summed E-state index contributed by atoms with van der Waals surface area (Å²) in [5.41, 5.74) is -0.649. The lowest BCUT2D eigenvalue weighted by Crippen LogP contribution is -2.38. The monoisotopic (exact) mass is 398 g/mol. The van der Waals surface area contributed by atoms with E-state index in [1.165, 1.54) is 17.9 Å². The zero-order valence-corrected chi connectivity index (χ0v) is 15.4. The quantitative estimate of drug-likeness (QED) is 0.778. The number of carbonyl (C=O) groups is 2. The molecule has 0 radical (unpaired) electrons. The third kappa shape index (κ3) is 5.47. The van der Waals surface area contributed by atoms with E-state index in [0.717, 1.165) is 17.7 Å². The number of carbonyl (C=O) groups excluding carboxylic acids is 2. The average Bonchev–Trinajstić information content (AvgIpc) is 2.60. The molecule has 0 aliphatic rings. The van der Waals surface area contributed by atoms with Gasteiger partial charge >= 0.3 is 6.18 Å². The van der Waals surface area contributed by atoms with Crippen molar-refractivity contribution in [2.45, 2.75) is 26.1 Å². The van der Waals surface area contributed by atoms with Gasteiger partial charge in [-0.05, 0) is 30.7 Å². The van der Waals surface area contributed by atoms with Crippen molar-refractivity contribution in [2.75, 3.05) is 11.9 Å². The van der Waals surface area contributed by atoms with Gasteiger partial charge in [0.2, 0.25) is 11.8 Å². The molecule has 0 saturated heterocycles.